The molecule has 0 saturated heterocycles. The fourth-order valence-electron chi connectivity index (χ4n) is 1.50. The lowest BCUT2D eigenvalue weighted by molar-refractivity contribution is -0.142. The average molecular weight is 249 g/mol. The number of aliphatic carboxylic acids is 1. The van der Waals surface area contributed by atoms with E-state index >= 15 is 0 Å². The van der Waals surface area contributed by atoms with Crippen LogP contribution in [0.15, 0.2) is 18.2 Å². The number of nitrogens with two attached hydrogens (primary N) is 1. The van der Waals surface area contributed by atoms with E-state index in [2.05, 4.69) is 9.97 Å². The van der Waals surface area contributed by atoms with E-state index in [1.165, 1.54) is 32.0 Å². The van der Waals surface area contributed by atoms with Crippen molar-refractivity contribution in [2.24, 2.45) is 0 Å². The number of rotatable bonds is 2. The van der Waals surface area contributed by atoms with E-state index in [-0.39, 0.29) is 11.6 Å². The zero-order chi connectivity index (χ0) is 13.5. The van der Waals surface area contributed by atoms with E-state index in [4.69, 9.17) is 10.8 Å². The van der Waals surface area contributed by atoms with Gasteiger partial charge in [-0.3, -0.25) is 4.79 Å². The lowest BCUT2D eigenvalue weighted by atomic mass is 9.92. The van der Waals surface area contributed by atoms with Crippen LogP contribution in [0, 0.1) is 5.82 Å². The third kappa shape index (κ3) is 1.85. The Bertz CT molecular complexity index is 641. The number of hydrogen-bond donors (Lipinski definition) is 2. The average Bonchev–Trinajstić information content (AvgIpc) is 2.27. The first-order valence-electron chi connectivity index (χ1n) is 5.29. The number of anilines is 1. The van der Waals surface area contributed by atoms with Crippen LogP contribution in [-0.4, -0.2) is 21.0 Å². The van der Waals surface area contributed by atoms with Crippen LogP contribution in [0.4, 0.5) is 10.2 Å². The summed E-state index contributed by atoms with van der Waals surface area (Å²) in [6.07, 6.45) is 0. The molecule has 0 unspecified atom stereocenters. The molecule has 0 fully saturated rings. The summed E-state index contributed by atoms with van der Waals surface area (Å²) in [7, 11) is 0. The van der Waals surface area contributed by atoms with Crippen molar-refractivity contribution in [3.8, 4) is 0 Å². The Morgan fingerprint density at radius 3 is 2.67 bits per heavy atom. The van der Waals surface area contributed by atoms with Gasteiger partial charge in [0.15, 0.2) is 0 Å². The fraction of sp³-hybridized carbons (Fsp3) is 0.250. The first kappa shape index (κ1) is 12.2. The van der Waals surface area contributed by atoms with E-state index < -0.39 is 17.2 Å². The normalized spacial score (nSPS) is 11.7. The highest BCUT2D eigenvalue weighted by Crippen LogP contribution is 2.25. The summed E-state index contributed by atoms with van der Waals surface area (Å²) in [6, 6.07) is 3.93. The Balaban J connectivity index is 2.72. The van der Waals surface area contributed by atoms with Gasteiger partial charge in [0, 0.05) is 11.5 Å². The molecular weight excluding hydrogens is 237 g/mol. The van der Waals surface area contributed by atoms with Gasteiger partial charge in [-0.15, -0.1) is 0 Å². The fourth-order valence-corrected chi connectivity index (χ4v) is 1.50. The number of aromatic nitrogens is 2. The molecule has 0 radical (unpaired) electrons. The second-order valence-corrected chi connectivity index (χ2v) is 4.52. The number of carboxylic acid groups (broad SMARTS) is 1. The summed E-state index contributed by atoms with van der Waals surface area (Å²) >= 11 is 0. The maximum atomic E-state index is 13.1. The first-order valence-corrected chi connectivity index (χ1v) is 5.29. The summed E-state index contributed by atoms with van der Waals surface area (Å²) in [6.45, 7) is 2.93. The van der Waals surface area contributed by atoms with E-state index in [0.29, 0.717) is 10.9 Å². The molecule has 0 spiro atoms. The molecule has 0 bridgehead atoms. The van der Waals surface area contributed by atoms with Gasteiger partial charge >= 0.3 is 5.97 Å². The van der Waals surface area contributed by atoms with Crippen LogP contribution >= 0.6 is 0 Å². The summed E-state index contributed by atoms with van der Waals surface area (Å²) in [5.41, 5.74) is 4.75. The maximum absolute atomic E-state index is 13.1. The SMILES string of the molecule is CC(C)(C(=O)O)c1nc(N)c2ccc(F)cc2n1. The minimum absolute atomic E-state index is 0.0607. The van der Waals surface area contributed by atoms with Crippen LogP contribution in [-0.2, 0) is 10.2 Å². The van der Waals surface area contributed by atoms with Crippen molar-refractivity contribution in [1.82, 2.24) is 9.97 Å². The van der Waals surface area contributed by atoms with Crippen molar-refractivity contribution in [2.75, 3.05) is 5.73 Å². The summed E-state index contributed by atoms with van der Waals surface area (Å²) in [4.78, 5) is 19.2. The van der Waals surface area contributed by atoms with E-state index in [9.17, 15) is 9.18 Å². The molecule has 1 heterocycles. The maximum Gasteiger partial charge on any atom is 0.316 e. The number of carbonyl (C=O) groups is 1. The van der Waals surface area contributed by atoms with Gasteiger partial charge in [-0.2, -0.15) is 0 Å². The van der Waals surface area contributed by atoms with Crippen molar-refractivity contribution in [3.63, 3.8) is 0 Å². The number of carboxylic acids is 1. The van der Waals surface area contributed by atoms with E-state index in [1.54, 1.807) is 0 Å². The number of fused-ring (bicyclic) bond motifs is 1. The van der Waals surface area contributed by atoms with Gasteiger partial charge in [0.2, 0.25) is 0 Å². The largest absolute Gasteiger partial charge is 0.481 e. The lowest BCUT2D eigenvalue weighted by Crippen LogP contribution is -2.31. The van der Waals surface area contributed by atoms with Gasteiger partial charge in [-0.25, -0.2) is 14.4 Å². The molecule has 5 nitrogen and oxygen atoms in total. The molecule has 0 saturated carbocycles. The molecule has 0 aliphatic rings. The van der Waals surface area contributed by atoms with Crippen molar-refractivity contribution >= 4 is 22.7 Å². The van der Waals surface area contributed by atoms with E-state index in [1.807, 2.05) is 0 Å². The Hall–Kier alpha value is -2.24. The standard InChI is InChI=1S/C12H12FN3O2/c1-12(2,11(17)18)10-15-8-5-6(13)3-4-7(8)9(14)16-10/h3-5H,1-2H3,(H,17,18)(H2,14,15,16). The summed E-state index contributed by atoms with van der Waals surface area (Å²) in [5.74, 6) is -1.33. The third-order valence-electron chi connectivity index (χ3n) is 2.78. The predicted molar refractivity (Wildman–Crippen MR) is 64.6 cm³/mol. The third-order valence-corrected chi connectivity index (χ3v) is 2.78. The van der Waals surface area contributed by atoms with Crippen LogP contribution in [0.2, 0.25) is 0 Å². The molecule has 1 aromatic carbocycles. The molecule has 94 valence electrons. The Labute approximate surface area is 102 Å². The highest BCUT2D eigenvalue weighted by atomic mass is 19.1. The zero-order valence-electron chi connectivity index (χ0n) is 9.94. The predicted octanol–water partition coefficient (Wildman–Crippen LogP) is 1.71. The second kappa shape index (κ2) is 3.90. The quantitative estimate of drug-likeness (QED) is 0.845. The lowest BCUT2D eigenvalue weighted by Gasteiger charge is -2.18. The van der Waals surface area contributed by atoms with E-state index in [0.717, 1.165) is 0 Å². The smallest absolute Gasteiger partial charge is 0.316 e. The Morgan fingerprint density at radius 1 is 1.39 bits per heavy atom. The minimum atomic E-state index is -1.28. The molecule has 2 aromatic rings. The van der Waals surface area contributed by atoms with Crippen LogP contribution < -0.4 is 5.73 Å². The minimum Gasteiger partial charge on any atom is -0.481 e. The van der Waals surface area contributed by atoms with Crippen molar-refractivity contribution in [3.05, 3.63) is 29.8 Å². The highest BCUT2D eigenvalue weighted by Gasteiger charge is 2.33. The topological polar surface area (TPSA) is 89.1 Å². The molecule has 2 rings (SSSR count). The van der Waals surface area contributed by atoms with Crippen LogP contribution in [0.3, 0.4) is 0 Å². The Kier molecular flexibility index (Phi) is 2.65. The molecule has 0 aliphatic heterocycles. The van der Waals surface area contributed by atoms with Crippen molar-refractivity contribution in [2.45, 2.75) is 19.3 Å². The Morgan fingerprint density at radius 2 is 2.06 bits per heavy atom. The number of nitrogens with zero attached hydrogens (tertiary/aromatic N) is 2. The molecule has 0 aliphatic carbocycles. The number of hydrogen-bond acceptors (Lipinski definition) is 4. The molecule has 1 aromatic heterocycles. The van der Waals surface area contributed by atoms with Gasteiger partial charge in [0.05, 0.1) is 5.52 Å². The summed E-state index contributed by atoms with van der Waals surface area (Å²) in [5, 5.41) is 9.62. The molecular formula is C12H12FN3O2. The van der Waals surface area contributed by atoms with Crippen LogP contribution in [0.5, 0.6) is 0 Å². The van der Waals surface area contributed by atoms with Gasteiger partial charge in [-0.1, -0.05) is 0 Å². The molecule has 0 amide bonds. The van der Waals surface area contributed by atoms with Gasteiger partial charge in [0.1, 0.15) is 22.9 Å². The highest BCUT2D eigenvalue weighted by molar-refractivity contribution is 5.89. The van der Waals surface area contributed by atoms with Gasteiger partial charge in [0.25, 0.3) is 0 Å². The molecule has 3 N–H and O–H groups in total. The van der Waals surface area contributed by atoms with Crippen LogP contribution in [0.1, 0.15) is 19.7 Å². The molecule has 6 heteroatoms. The van der Waals surface area contributed by atoms with Gasteiger partial charge in [-0.05, 0) is 26.0 Å². The first-order chi connectivity index (χ1) is 8.32. The monoisotopic (exact) mass is 249 g/mol. The van der Waals surface area contributed by atoms with Crippen LogP contribution in [0.25, 0.3) is 10.9 Å². The van der Waals surface area contributed by atoms with Gasteiger partial charge < -0.3 is 10.8 Å². The number of benzene rings is 1. The number of nitrogen functional groups attached to an aromatic ring is 1. The van der Waals surface area contributed by atoms with Crippen molar-refractivity contribution in [1.29, 1.82) is 0 Å². The second-order valence-electron chi connectivity index (χ2n) is 4.52. The van der Waals surface area contributed by atoms with Crippen molar-refractivity contribution < 1.29 is 14.3 Å². The summed E-state index contributed by atoms with van der Waals surface area (Å²) < 4.78 is 13.1. The zero-order valence-corrected chi connectivity index (χ0v) is 9.94. The molecule has 0 atom stereocenters. The molecule has 18 heavy (non-hydrogen) atoms. The number of halogens is 1.